The SMILES string of the molecule is COC(=O)[C@@H]1CC(=NC(=O)c2cccs2)[C@@H](O)C1. The molecule has 1 aromatic rings. The molecule has 1 aliphatic carbocycles. The lowest BCUT2D eigenvalue weighted by atomic mass is 10.1. The van der Waals surface area contributed by atoms with Gasteiger partial charge in [0.25, 0.3) is 5.91 Å². The third kappa shape index (κ3) is 2.65. The van der Waals surface area contributed by atoms with Crippen LogP contribution < -0.4 is 0 Å². The van der Waals surface area contributed by atoms with Crippen LogP contribution in [0.2, 0.25) is 0 Å². The molecule has 6 heteroatoms. The number of esters is 1. The fraction of sp³-hybridized carbons (Fsp3) is 0.417. The van der Waals surface area contributed by atoms with Crippen molar-refractivity contribution in [1.29, 1.82) is 0 Å². The van der Waals surface area contributed by atoms with Crippen LogP contribution in [-0.2, 0) is 9.53 Å². The average Bonchev–Trinajstić information content (AvgIpc) is 2.99. The Labute approximate surface area is 108 Å². The first kappa shape index (κ1) is 12.9. The fourth-order valence-corrected chi connectivity index (χ4v) is 2.54. The molecule has 0 radical (unpaired) electrons. The van der Waals surface area contributed by atoms with Crippen molar-refractivity contribution in [2.45, 2.75) is 18.9 Å². The summed E-state index contributed by atoms with van der Waals surface area (Å²) in [5.74, 6) is -1.15. The average molecular weight is 267 g/mol. The third-order valence-corrected chi connectivity index (χ3v) is 3.72. The molecule has 0 bridgehead atoms. The molecule has 1 aromatic heterocycles. The standard InChI is InChI=1S/C12H13NO4S/c1-17-12(16)7-5-8(9(14)6-7)13-11(15)10-3-2-4-18-10/h2-4,7,9,14H,5-6H2,1H3/t7-,9+/m1/s1. The zero-order valence-corrected chi connectivity index (χ0v) is 10.6. The van der Waals surface area contributed by atoms with Gasteiger partial charge in [0.15, 0.2) is 0 Å². The van der Waals surface area contributed by atoms with Gasteiger partial charge in [0.05, 0.1) is 29.7 Å². The van der Waals surface area contributed by atoms with E-state index in [0.717, 1.165) is 0 Å². The summed E-state index contributed by atoms with van der Waals surface area (Å²) in [4.78, 5) is 27.5. The lowest BCUT2D eigenvalue weighted by molar-refractivity contribution is -0.145. The van der Waals surface area contributed by atoms with Crippen LogP contribution in [0.1, 0.15) is 22.5 Å². The summed E-state index contributed by atoms with van der Waals surface area (Å²) in [5.41, 5.74) is 0.365. The number of methoxy groups -OCH3 is 1. The number of hydrogen-bond donors (Lipinski definition) is 1. The van der Waals surface area contributed by atoms with Crippen LogP contribution in [0.5, 0.6) is 0 Å². The lowest BCUT2D eigenvalue weighted by Gasteiger charge is -2.03. The molecule has 2 rings (SSSR count). The number of ether oxygens (including phenoxy) is 1. The van der Waals surface area contributed by atoms with E-state index in [-0.39, 0.29) is 24.7 Å². The van der Waals surface area contributed by atoms with Crippen molar-refractivity contribution in [3.63, 3.8) is 0 Å². The van der Waals surface area contributed by atoms with Gasteiger partial charge in [-0.05, 0) is 17.9 Å². The Morgan fingerprint density at radius 2 is 2.33 bits per heavy atom. The molecule has 0 aliphatic heterocycles. The molecule has 0 saturated heterocycles. The van der Waals surface area contributed by atoms with Gasteiger partial charge in [0, 0.05) is 6.42 Å². The summed E-state index contributed by atoms with van der Waals surface area (Å²) in [7, 11) is 1.31. The number of carbonyl (C=O) groups is 2. The first-order valence-corrected chi connectivity index (χ1v) is 6.41. The summed E-state index contributed by atoms with van der Waals surface area (Å²) in [6.07, 6.45) is -0.285. The lowest BCUT2D eigenvalue weighted by Crippen LogP contribution is -2.14. The molecule has 5 nitrogen and oxygen atoms in total. The van der Waals surface area contributed by atoms with Gasteiger partial charge in [0.1, 0.15) is 0 Å². The van der Waals surface area contributed by atoms with Crippen molar-refractivity contribution in [3.8, 4) is 0 Å². The van der Waals surface area contributed by atoms with Gasteiger partial charge in [-0.3, -0.25) is 9.59 Å². The summed E-state index contributed by atoms with van der Waals surface area (Å²) >= 11 is 1.30. The van der Waals surface area contributed by atoms with Crippen LogP contribution in [0.4, 0.5) is 0 Å². The number of amides is 1. The first-order chi connectivity index (χ1) is 8.61. The van der Waals surface area contributed by atoms with Gasteiger partial charge >= 0.3 is 5.97 Å². The third-order valence-electron chi connectivity index (χ3n) is 2.86. The minimum absolute atomic E-state index is 0.267. The highest BCUT2D eigenvalue weighted by Gasteiger charge is 2.35. The molecule has 0 spiro atoms. The quantitative estimate of drug-likeness (QED) is 0.819. The van der Waals surface area contributed by atoms with Gasteiger partial charge in [-0.2, -0.15) is 0 Å². The van der Waals surface area contributed by atoms with Gasteiger partial charge in [-0.15, -0.1) is 11.3 Å². The topological polar surface area (TPSA) is 76.0 Å². The first-order valence-electron chi connectivity index (χ1n) is 5.53. The molecule has 1 saturated carbocycles. The zero-order valence-electron chi connectivity index (χ0n) is 9.83. The monoisotopic (exact) mass is 267 g/mol. The number of aliphatic imine (C=N–C) groups is 1. The Hall–Kier alpha value is -1.53. The predicted molar refractivity (Wildman–Crippen MR) is 66.8 cm³/mol. The molecule has 96 valence electrons. The largest absolute Gasteiger partial charge is 0.469 e. The zero-order chi connectivity index (χ0) is 13.1. The molecule has 1 fully saturated rings. The molecule has 0 unspecified atom stereocenters. The van der Waals surface area contributed by atoms with Crippen LogP contribution in [0.15, 0.2) is 22.5 Å². The van der Waals surface area contributed by atoms with E-state index in [0.29, 0.717) is 10.6 Å². The van der Waals surface area contributed by atoms with E-state index in [1.54, 1.807) is 17.5 Å². The molecule has 0 aromatic carbocycles. The van der Waals surface area contributed by atoms with E-state index in [1.165, 1.54) is 18.4 Å². The van der Waals surface area contributed by atoms with Gasteiger partial charge in [-0.25, -0.2) is 4.99 Å². The Kier molecular flexibility index (Phi) is 3.88. The van der Waals surface area contributed by atoms with Gasteiger partial charge in [-0.1, -0.05) is 6.07 Å². The summed E-state index contributed by atoms with van der Waals surface area (Å²) in [5, 5.41) is 11.6. The van der Waals surface area contributed by atoms with Crippen molar-refractivity contribution >= 4 is 28.9 Å². The summed E-state index contributed by atoms with van der Waals surface area (Å²) < 4.78 is 4.62. The summed E-state index contributed by atoms with van der Waals surface area (Å²) in [6.45, 7) is 0. The van der Waals surface area contributed by atoms with Gasteiger partial charge < -0.3 is 9.84 Å². The van der Waals surface area contributed by atoms with Crippen molar-refractivity contribution in [2.75, 3.05) is 7.11 Å². The minimum atomic E-state index is -0.835. The highest BCUT2D eigenvalue weighted by Crippen LogP contribution is 2.25. The number of thiophene rings is 1. The second-order valence-electron chi connectivity index (χ2n) is 4.06. The van der Waals surface area contributed by atoms with Crippen LogP contribution in [0.25, 0.3) is 0 Å². The summed E-state index contributed by atoms with van der Waals surface area (Å²) in [6, 6.07) is 3.44. The van der Waals surface area contributed by atoms with Crippen molar-refractivity contribution in [1.82, 2.24) is 0 Å². The van der Waals surface area contributed by atoms with E-state index in [2.05, 4.69) is 9.73 Å². The number of hydrogen-bond acceptors (Lipinski definition) is 5. The van der Waals surface area contributed by atoms with Crippen molar-refractivity contribution in [3.05, 3.63) is 22.4 Å². The van der Waals surface area contributed by atoms with Crippen LogP contribution in [0.3, 0.4) is 0 Å². The predicted octanol–water partition coefficient (Wildman–Crippen LogP) is 1.27. The minimum Gasteiger partial charge on any atom is -0.469 e. The van der Waals surface area contributed by atoms with E-state index >= 15 is 0 Å². The molecule has 2 atom stereocenters. The normalized spacial score (nSPS) is 25.3. The maximum absolute atomic E-state index is 11.7. The molecular weight excluding hydrogens is 254 g/mol. The highest BCUT2D eigenvalue weighted by molar-refractivity contribution is 7.12. The Bertz CT molecular complexity index is 480. The van der Waals surface area contributed by atoms with Crippen molar-refractivity contribution in [2.24, 2.45) is 10.9 Å². The van der Waals surface area contributed by atoms with E-state index < -0.39 is 12.0 Å². The number of aliphatic hydroxyl groups excluding tert-OH is 1. The second-order valence-corrected chi connectivity index (χ2v) is 5.01. The molecular formula is C12H13NO4S. The van der Waals surface area contributed by atoms with Gasteiger partial charge in [0.2, 0.25) is 0 Å². The number of nitrogens with zero attached hydrogens (tertiary/aromatic N) is 1. The fourth-order valence-electron chi connectivity index (χ4n) is 1.93. The van der Waals surface area contributed by atoms with Crippen LogP contribution in [0, 0.1) is 5.92 Å². The molecule has 1 amide bonds. The van der Waals surface area contributed by atoms with E-state index in [4.69, 9.17) is 0 Å². The second kappa shape index (κ2) is 5.41. The maximum atomic E-state index is 11.7. The Morgan fingerprint density at radius 1 is 1.56 bits per heavy atom. The molecule has 1 N–H and O–H groups in total. The van der Waals surface area contributed by atoms with Crippen LogP contribution in [-0.4, -0.2) is 35.9 Å². The highest BCUT2D eigenvalue weighted by atomic mass is 32.1. The Morgan fingerprint density at radius 3 is 2.94 bits per heavy atom. The number of aliphatic hydroxyl groups is 1. The molecule has 1 heterocycles. The number of rotatable bonds is 2. The molecule has 18 heavy (non-hydrogen) atoms. The van der Waals surface area contributed by atoms with Crippen molar-refractivity contribution < 1.29 is 19.4 Å². The maximum Gasteiger partial charge on any atom is 0.309 e. The smallest absolute Gasteiger partial charge is 0.309 e. The van der Waals surface area contributed by atoms with E-state index in [1.807, 2.05) is 0 Å². The number of carbonyl (C=O) groups excluding carboxylic acids is 2. The van der Waals surface area contributed by atoms with Crippen LogP contribution >= 0.6 is 11.3 Å². The van der Waals surface area contributed by atoms with E-state index in [9.17, 15) is 14.7 Å². The Balaban J connectivity index is 2.10. The molecule has 1 aliphatic rings.